The van der Waals surface area contributed by atoms with Crippen molar-refractivity contribution in [1.82, 2.24) is 10.3 Å². The van der Waals surface area contributed by atoms with Crippen molar-refractivity contribution >= 4 is 17.7 Å². The molecule has 3 rings (SSSR count). The summed E-state index contributed by atoms with van der Waals surface area (Å²) >= 11 is 1.31. The van der Waals surface area contributed by atoms with Crippen molar-refractivity contribution in [2.45, 2.75) is 24.8 Å². The Hall–Kier alpha value is -3.10. The predicted molar refractivity (Wildman–Crippen MR) is 118 cm³/mol. The fraction of sp³-hybridized carbons (Fsp3) is 0.208. The summed E-state index contributed by atoms with van der Waals surface area (Å²) in [4.78, 5) is 16.9. The minimum atomic E-state index is -0.0412. The molecule has 146 valence electrons. The van der Waals surface area contributed by atoms with Crippen molar-refractivity contribution in [3.63, 3.8) is 0 Å². The maximum atomic E-state index is 12.2. The average Bonchev–Trinajstić information content (AvgIpc) is 2.78. The lowest BCUT2D eigenvalue weighted by Crippen LogP contribution is -2.26. The summed E-state index contributed by atoms with van der Waals surface area (Å²) in [6, 6.07) is 24.0. The Bertz CT molecular complexity index is 998. The molecular weight excluding hydrogens is 378 g/mol. The lowest BCUT2D eigenvalue weighted by atomic mass is 9.99. The summed E-state index contributed by atoms with van der Waals surface area (Å²) in [7, 11) is 0. The summed E-state index contributed by atoms with van der Waals surface area (Å²) in [5.74, 6) is 0.193. The van der Waals surface area contributed by atoms with Crippen molar-refractivity contribution in [3.05, 3.63) is 72.3 Å². The molecule has 1 N–H and O–H groups in total. The van der Waals surface area contributed by atoms with Crippen LogP contribution in [0.15, 0.2) is 71.8 Å². The maximum Gasteiger partial charge on any atom is 0.230 e. The van der Waals surface area contributed by atoms with Crippen molar-refractivity contribution in [3.8, 4) is 28.5 Å². The maximum absolute atomic E-state index is 12.2. The van der Waals surface area contributed by atoms with E-state index < -0.39 is 0 Å². The summed E-state index contributed by atoms with van der Waals surface area (Å²) < 4.78 is 0. The predicted octanol–water partition coefficient (Wildman–Crippen LogP) is 5.30. The van der Waals surface area contributed by atoms with Crippen molar-refractivity contribution < 1.29 is 4.79 Å². The van der Waals surface area contributed by atoms with E-state index in [1.54, 1.807) is 0 Å². The van der Waals surface area contributed by atoms with Gasteiger partial charge in [0.25, 0.3) is 0 Å². The molecule has 0 saturated carbocycles. The highest BCUT2D eigenvalue weighted by Gasteiger charge is 2.16. The number of hydrogen-bond acceptors (Lipinski definition) is 4. The largest absolute Gasteiger partial charge is 0.355 e. The van der Waals surface area contributed by atoms with Gasteiger partial charge in [-0.2, -0.15) is 5.26 Å². The molecule has 0 saturated heterocycles. The molecule has 29 heavy (non-hydrogen) atoms. The van der Waals surface area contributed by atoms with E-state index in [0.29, 0.717) is 17.1 Å². The molecule has 0 radical (unpaired) electrons. The monoisotopic (exact) mass is 401 g/mol. The molecule has 0 bridgehead atoms. The Labute approximate surface area is 176 Å². The number of hydrogen-bond donors (Lipinski definition) is 1. The first kappa shape index (κ1) is 20.6. The zero-order valence-corrected chi connectivity index (χ0v) is 17.2. The van der Waals surface area contributed by atoms with Gasteiger partial charge in [0.1, 0.15) is 11.1 Å². The number of unbranched alkanes of at least 4 members (excludes halogenated alkanes) is 1. The zero-order chi connectivity index (χ0) is 20.5. The van der Waals surface area contributed by atoms with Crippen molar-refractivity contribution in [2.75, 3.05) is 12.3 Å². The van der Waals surface area contributed by atoms with Crippen LogP contribution in [0.25, 0.3) is 22.4 Å². The topological polar surface area (TPSA) is 65.8 Å². The standard InChI is InChI=1S/C24H23N3OS/c1-2-3-14-26-23(28)17-29-24-21(16-25)20(18-10-6-4-7-11-18)15-22(27-24)19-12-8-5-9-13-19/h4-13,15H,2-3,14,17H2,1H3,(H,26,28). The third kappa shape index (κ3) is 5.46. The fourth-order valence-electron chi connectivity index (χ4n) is 2.93. The molecule has 3 aromatic rings. The lowest BCUT2D eigenvalue weighted by Gasteiger charge is -2.12. The van der Waals surface area contributed by atoms with Crippen LogP contribution >= 0.6 is 11.8 Å². The second-order valence-corrected chi connectivity index (χ2v) is 7.54. The van der Waals surface area contributed by atoms with Gasteiger partial charge in [-0.25, -0.2) is 4.98 Å². The highest BCUT2D eigenvalue weighted by Crippen LogP contribution is 2.34. The normalized spacial score (nSPS) is 10.3. The van der Waals surface area contributed by atoms with Gasteiger partial charge in [0, 0.05) is 17.7 Å². The molecule has 0 aliphatic rings. The van der Waals surface area contributed by atoms with Gasteiger partial charge in [-0.3, -0.25) is 4.79 Å². The van der Waals surface area contributed by atoms with Gasteiger partial charge in [-0.1, -0.05) is 85.8 Å². The van der Waals surface area contributed by atoms with Crippen LogP contribution in [0.2, 0.25) is 0 Å². The molecule has 1 heterocycles. The van der Waals surface area contributed by atoms with E-state index in [-0.39, 0.29) is 11.7 Å². The molecule has 1 amide bonds. The number of carbonyl (C=O) groups excluding carboxylic acids is 1. The SMILES string of the molecule is CCCCNC(=O)CSc1nc(-c2ccccc2)cc(-c2ccccc2)c1C#N. The lowest BCUT2D eigenvalue weighted by molar-refractivity contribution is -0.118. The van der Waals surface area contributed by atoms with Crippen LogP contribution in [0, 0.1) is 11.3 Å². The number of pyridine rings is 1. The van der Waals surface area contributed by atoms with Crippen LogP contribution in [-0.2, 0) is 4.79 Å². The molecule has 0 atom stereocenters. The van der Waals surface area contributed by atoms with Gasteiger partial charge >= 0.3 is 0 Å². The molecule has 2 aromatic carbocycles. The zero-order valence-electron chi connectivity index (χ0n) is 16.4. The molecule has 4 nitrogen and oxygen atoms in total. The number of nitriles is 1. The minimum absolute atomic E-state index is 0.0412. The second kappa shape index (κ2) is 10.4. The Morgan fingerprint density at radius 1 is 1.07 bits per heavy atom. The first-order chi connectivity index (χ1) is 14.2. The molecule has 0 aliphatic heterocycles. The number of aromatic nitrogens is 1. The molecule has 0 fully saturated rings. The quantitative estimate of drug-likeness (QED) is 0.411. The number of carbonyl (C=O) groups is 1. The highest BCUT2D eigenvalue weighted by molar-refractivity contribution is 8.00. The third-order valence-corrected chi connectivity index (χ3v) is 5.42. The van der Waals surface area contributed by atoms with E-state index in [4.69, 9.17) is 4.98 Å². The van der Waals surface area contributed by atoms with Gasteiger partial charge in [0.05, 0.1) is 17.0 Å². The van der Waals surface area contributed by atoms with E-state index in [2.05, 4.69) is 18.3 Å². The highest BCUT2D eigenvalue weighted by atomic mass is 32.2. The van der Waals surface area contributed by atoms with Crippen molar-refractivity contribution in [2.24, 2.45) is 0 Å². The van der Waals surface area contributed by atoms with E-state index in [9.17, 15) is 10.1 Å². The smallest absolute Gasteiger partial charge is 0.230 e. The van der Waals surface area contributed by atoms with Gasteiger partial charge in [-0.15, -0.1) is 0 Å². The minimum Gasteiger partial charge on any atom is -0.355 e. The molecule has 0 spiro atoms. The van der Waals surface area contributed by atoms with E-state index in [1.165, 1.54) is 11.8 Å². The second-order valence-electron chi connectivity index (χ2n) is 6.57. The van der Waals surface area contributed by atoms with Crippen LogP contribution in [-0.4, -0.2) is 23.2 Å². The Balaban J connectivity index is 1.97. The van der Waals surface area contributed by atoms with Crippen LogP contribution in [0.4, 0.5) is 0 Å². The first-order valence-corrected chi connectivity index (χ1v) is 10.7. The number of nitrogens with one attached hydrogen (secondary N) is 1. The number of rotatable bonds is 8. The average molecular weight is 402 g/mol. The molecule has 0 aliphatic carbocycles. The van der Waals surface area contributed by atoms with Gasteiger partial charge < -0.3 is 5.32 Å². The number of nitrogens with zero attached hydrogens (tertiary/aromatic N) is 2. The summed E-state index contributed by atoms with van der Waals surface area (Å²) in [6.07, 6.45) is 1.99. The Morgan fingerprint density at radius 3 is 2.34 bits per heavy atom. The van der Waals surface area contributed by atoms with Crippen LogP contribution in [0.5, 0.6) is 0 Å². The molecule has 1 aromatic heterocycles. The van der Waals surface area contributed by atoms with Crippen LogP contribution < -0.4 is 5.32 Å². The third-order valence-electron chi connectivity index (χ3n) is 4.44. The number of benzene rings is 2. The van der Waals surface area contributed by atoms with E-state index >= 15 is 0 Å². The number of amides is 1. The van der Waals surface area contributed by atoms with Crippen LogP contribution in [0.1, 0.15) is 25.3 Å². The van der Waals surface area contributed by atoms with E-state index in [1.807, 2.05) is 66.7 Å². The molecular formula is C24H23N3OS. The molecule has 0 unspecified atom stereocenters. The summed E-state index contributed by atoms with van der Waals surface area (Å²) in [6.45, 7) is 2.76. The van der Waals surface area contributed by atoms with E-state index in [0.717, 1.165) is 35.2 Å². The van der Waals surface area contributed by atoms with Crippen LogP contribution in [0.3, 0.4) is 0 Å². The summed E-state index contributed by atoms with van der Waals surface area (Å²) in [5.41, 5.74) is 4.05. The van der Waals surface area contributed by atoms with Gasteiger partial charge in [0.2, 0.25) is 5.91 Å². The van der Waals surface area contributed by atoms with Crippen molar-refractivity contribution in [1.29, 1.82) is 5.26 Å². The summed E-state index contributed by atoms with van der Waals surface area (Å²) in [5, 5.41) is 13.4. The fourth-order valence-corrected chi connectivity index (χ4v) is 3.76. The Morgan fingerprint density at radius 2 is 1.72 bits per heavy atom. The Kier molecular flexibility index (Phi) is 7.43. The first-order valence-electron chi connectivity index (χ1n) is 9.68. The number of thioether (sulfide) groups is 1. The van der Waals surface area contributed by atoms with Gasteiger partial charge in [0.15, 0.2) is 0 Å². The van der Waals surface area contributed by atoms with Gasteiger partial charge in [-0.05, 0) is 18.1 Å². The molecule has 5 heteroatoms.